The van der Waals surface area contributed by atoms with Gasteiger partial charge in [0.05, 0.1) is 0 Å². The summed E-state index contributed by atoms with van der Waals surface area (Å²) in [5.74, 6) is 1.75. The Morgan fingerprint density at radius 3 is 2.28 bits per heavy atom. The largest absolute Gasteiger partial charge is 0.341 e. The molecule has 0 N–H and O–H groups in total. The van der Waals surface area contributed by atoms with Gasteiger partial charge < -0.3 is 14.7 Å². The second-order valence-electron chi connectivity index (χ2n) is 9.33. The van der Waals surface area contributed by atoms with Gasteiger partial charge in [-0.1, -0.05) is 0 Å². The van der Waals surface area contributed by atoms with Gasteiger partial charge in [0.15, 0.2) is 0 Å². The first-order valence-electron chi connectivity index (χ1n) is 11.7. The summed E-state index contributed by atoms with van der Waals surface area (Å²) in [6, 6.07) is 2.46. The zero-order chi connectivity index (χ0) is 20.2. The van der Waals surface area contributed by atoms with Crippen LogP contribution in [0.25, 0.3) is 0 Å². The summed E-state index contributed by atoms with van der Waals surface area (Å²) in [5.41, 5.74) is 2.05. The van der Waals surface area contributed by atoms with Gasteiger partial charge in [-0.3, -0.25) is 4.79 Å². The van der Waals surface area contributed by atoms with Crippen LogP contribution < -0.4 is 4.90 Å². The van der Waals surface area contributed by atoms with Crippen LogP contribution >= 0.6 is 0 Å². The molecule has 0 spiro atoms. The molecule has 1 aromatic rings. The van der Waals surface area contributed by atoms with E-state index in [4.69, 9.17) is 0 Å². The fourth-order valence-corrected chi connectivity index (χ4v) is 5.33. The van der Waals surface area contributed by atoms with Gasteiger partial charge in [-0.2, -0.15) is 0 Å². The second-order valence-corrected chi connectivity index (χ2v) is 9.33. The van der Waals surface area contributed by atoms with E-state index in [9.17, 15) is 4.79 Å². The number of nitrogens with zero attached hydrogens (tertiary/aromatic N) is 5. The SMILES string of the molecule is Cc1cc(C)nc(N2CCC(CC(=O)N3CCCC[C@H]3CN3CCCC3)CC2)n1. The minimum absolute atomic E-state index is 0.398. The third-order valence-electron chi connectivity index (χ3n) is 6.95. The number of amides is 1. The Hall–Kier alpha value is -1.69. The molecule has 1 amide bonds. The van der Waals surface area contributed by atoms with Crippen LogP contribution in [0.5, 0.6) is 0 Å². The predicted molar refractivity (Wildman–Crippen MR) is 116 cm³/mol. The lowest BCUT2D eigenvalue weighted by atomic mass is 9.92. The Bertz CT molecular complexity index is 674. The lowest BCUT2D eigenvalue weighted by Gasteiger charge is -2.39. The van der Waals surface area contributed by atoms with Crippen LogP contribution in [0.3, 0.4) is 0 Å². The van der Waals surface area contributed by atoms with Crippen LogP contribution in [-0.2, 0) is 4.79 Å². The molecule has 3 aliphatic rings. The van der Waals surface area contributed by atoms with E-state index in [0.29, 0.717) is 17.9 Å². The molecule has 29 heavy (non-hydrogen) atoms. The summed E-state index contributed by atoms with van der Waals surface area (Å²) in [6.45, 7) is 10.5. The second kappa shape index (κ2) is 9.41. The molecular weight excluding hydrogens is 362 g/mol. The Balaban J connectivity index is 1.29. The van der Waals surface area contributed by atoms with E-state index in [2.05, 4.69) is 24.7 Å². The van der Waals surface area contributed by atoms with Crippen molar-refractivity contribution in [1.82, 2.24) is 19.8 Å². The van der Waals surface area contributed by atoms with Crippen LogP contribution in [0.1, 0.15) is 62.8 Å². The van der Waals surface area contributed by atoms with Crippen LogP contribution in [0, 0.1) is 19.8 Å². The molecule has 3 aliphatic heterocycles. The van der Waals surface area contributed by atoms with Crippen LogP contribution in [0.15, 0.2) is 6.07 Å². The van der Waals surface area contributed by atoms with Gasteiger partial charge in [0.1, 0.15) is 0 Å². The molecular formula is C23H37N5O. The van der Waals surface area contributed by atoms with Crippen molar-refractivity contribution in [2.75, 3.05) is 44.2 Å². The highest BCUT2D eigenvalue weighted by Crippen LogP contribution is 2.27. The highest BCUT2D eigenvalue weighted by molar-refractivity contribution is 5.77. The van der Waals surface area contributed by atoms with E-state index >= 15 is 0 Å². The van der Waals surface area contributed by atoms with Gasteiger partial charge >= 0.3 is 0 Å². The molecule has 0 aromatic carbocycles. The molecule has 0 unspecified atom stereocenters. The number of hydrogen-bond donors (Lipinski definition) is 0. The first kappa shape index (κ1) is 20.6. The van der Waals surface area contributed by atoms with Crippen molar-refractivity contribution in [2.45, 2.75) is 71.3 Å². The van der Waals surface area contributed by atoms with Gasteiger partial charge in [0, 0.05) is 50.0 Å². The Kier molecular flexibility index (Phi) is 6.68. The lowest BCUT2D eigenvalue weighted by Crippen LogP contribution is -2.49. The number of likely N-dealkylation sites (tertiary alicyclic amines) is 2. The number of carbonyl (C=O) groups excluding carboxylic acids is 1. The summed E-state index contributed by atoms with van der Waals surface area (Å²) in [6.07, 6.45) is 9.12. The molecule has 3 saturated heterocycles. The van der Waals surface area contributed by atoms with Crippen LogP contribution in [-0.4, -0.2) is 71.0 Å². The van der Waals surface area contributed by atoms with Crippen molar-refractivity contribution < 1.29 is 4.79 Å². The molecule has 4 heterocycles. The number of carbonyl (C=O) groups is 1. The molecule has 3 fully saturated rings. The fraction of sp³-hybridized carbons (Fsp3) is 0.783. The van der Waals surface area contributed by atoms with E-state index in [-0.39, 0.29) is 0 Å². The molecule has 0 saturated carbocycles. The van der Waals surface area contributed by atoms with Crippen molar-refractivity contribution in [2.24, 2.45) is 5.92 Å². The monoisotopic (exact) mass is 399 g/mol. The Morgan fingerprint density at radius 1 is 0.931 bits per heavy atom. The molecule has 1 aromatic heterocycles. The van der Waals surface area contributed by atoms with E-state index in [1.807, 2.05) is 19.9 Å². The van der Waals surface area contributed by atoms with E-state index in [1.165, 1.54) is 45.2 Å². The first-order valence-corrected chi connectivity index (χ1v) is 11.7. The smallest absolute Gasteiger partial charge is 0.225 e. The highest BCUT2D eigenvalue weighted by Gasteiger charge is 2.31. The van der Waals surface area contributed by atoms with Crippen molar-refractivity contribution in [1.29, 1.82) is 0 Å². The normalized spacial score (nSPS) is 24.3. The molecule has 0 bridgehead atoms. The number of piperidine rings is 2. The van der Waals surface area contributed by atoms with Crippen LogP contribution in [0.4, 0.5) is 5.95 Å². The molecule has 0 radical (unpaired) electrons. The number of aromatic nitrogens is 2. The van der Waals surface area contributed by atoms with Crippen molar-refractivity contribution in [3.8, 4) is 0 Å². The topological polar surface area (TPSA) is 52.6 Å². The maximum atomic E-state index is 13.2. The van der Waals surface area contributed by atoms with Gasteiger partial charge in [-0.15, -0.1) is 0 Å². The molecule has 6 nitrogen and oxygen atoms in total. The van der Waals surface area contributed by atoms with E-state index < -0.39 is 0 Å². The van der Waals surface area contributed by atoms with Crippen molar-refractivity contribution >= 4 is 11.9 Å². The number of rotatable bonds is 5. The molecule has 6 heteroatoms. The van der Waals surface area contributed by atoms with Gasteiger partial charge in [-0.25, -0.2) is 9.97 Å². The van der Waals surface area contributed by atoms with Crippen LogP contribution in [0.2, 0.25) is 0 Å². The molecule has 1 atom stereocenters. The zero-order valence-corrected chi connectivity index (χ0v) is 18.3. The third kappa shape index (κ3) is 5.27. The maximum absolute atomic E-state index is 13.2. The minimum atomic E-state index is 0.398. The lowest BCUT2D eigenvalue weighted by molar-refractivity contribution is -0.136. The number of aryl methyl sites for hydroxylation is 2. The Labute approximate surface area is 175 Å². The number of hydrogen-bond acceptors (Lipinski definition) is 5. The average Bonchev–Trinajstić information content (AvgIpc) is 3.21. The number of anilines is 1. The van der Waals surface area contributed by atoms with Gasteiger partial charge in [-0.05, 0) is 83.9 Å². The zero-order valence-electron chi connectivity index (χ0n) is 18.3. The van der Waals surface area contributed by atoms with E-state index in [0.717, 1.165) is 62.8 Å². The summed E-state index contributed by atoms with van der Waals surface area (Å²) < 4.78 is 0. The molecule has 160 valence electrons. The van der Waals surface area contributed by atoms with Gasteiger partial charge in [0.25, 0.3) is 0 Å². The molecule has 0 aliphatic carbocycles. The summed E-state index contributed by atoms with van der Waals surface area (Å²) in [5, 5.41) is 0. The average molecular weight is 400 g/mol. The predicted octanol–water partition coefficient (Wildman–Crippen LogP) is 3.18. The summed E-state index contributed by atoms with van der Waals surface area (Å²) in [4.78, 5) is 29.5. The third-order valence-corrected chi connectivity index (χ3v) is 6.95. The fourth-order valence-electron chi connectivity index (χ4n) is 5.33. The standard InChI is InChI=1S/C23H37N5O/c1-18-15-19(2)25-23(24-18)27-13-8-20(9-14-27)16-22(29)28-12-4-3-7-21(28)17-26-10-5-6-11-26/h15,20-21H,3-14,16-17H2,1-2H3/t21-/m0/s1. The maximum Gasteiger partial charge on any atom is 0.225 e. The van der Waals surface area contributed by atoms with E-state index in [1.54, 1.807) is 0 Å². The minimum Gasteiger partial charge on any atom is -0.341 e. The van der Waals surface area contributed by atoms with Crippen molar-refractivity contribution in [3.63, 3.8) is 0 Å². The Morgan fingerprint density at radius 2 is 1.59 bits per heavy atom. The highest BCUT2D eigenvalue weighted by atomic mass is 16.2. The van der Waals surface area contributed by atoms with Gasteiger partial charge in [0.2, 0.25) is 11.9 Å². The first-order chi connectivity index (χ1) is 14.1. The summed E-state index contributed by atoms with van der Waals surface area (Å²) >= 11 is 0. The quantitative estimate of drug-likeness (QED) is 0.761. The molecule has 4 rings (SSSR count). The summed E-state index contributed by atoms with van der Waals surface area (Å²) in [7, 11) is 0. The van der Waals surface area contributed by atoms with Crippen molar-refractivity contribution in [3.05, 3.63) is 17.5 Å².